The third kappa shape index (κ3) is 5.13. The van der Waals surface area contributed by atoms with Crippen molar-refractivity contribution in [1.29, 1.82) is 0 Å². The number of aliphatic imine (C=N–C) groups is 1. The predicted octanol–water partition coefficient (Wildman–Crippen LogP) is 7.53. The molecule has 1 aromatic carbocycles. The van der Waals surface area contributed by atoms with Gasteiger partial charge in [0, 0.05) is 23.2 Å². The van der Waals surface area contributed by atoms with Crippen LogP contribution in [0.1, 0.15) is 94.6 Å². The molecule has 34 heavy (non-hydrogen) atoms. The number of benzene rings is 1. The summed E-state index contributed by atoms with van der Waals surface area (Å²) < 4.78 is 2.03. The van der Waals surface area contributed by atoms with Crippen LogP contribution in [0.5, 0.6) is 0 Å². The number of nitrogens with zero attached hydrogens (tertiary/aromatic N) is 4. The molecule has 0 bridgehead atoms. The van der Waals surface area contributed by atoms with Crippen molar-refractivity contribution >= 4 is 28.2 Å². The Bertz CT molecular complexity index is 1160. The van der Waals surface area contributed by atoms with Gasteiger partial charge in [-0.05, 0) is 49.3 Å². The van der Waals surface area contributed by atoms with E-state index in [1.54, 1.807) is 6.20 Å². The van der Waals surface area contributed by atoms with Gasteiger partial charge in [0.25, 0.3) is 0 Å². The van der Waals surface area contributed by atoms with E-state index in [1.807, 2.05) is 29.1 Å². The molecule has 3 heterocycles. The zero-order valence-corrected chi connectivity index (χ0v) is 21.1. The van der Waals surface area contributed by atoms with Crippen LogP contribution in [0.4, 0.5) is 5.82 Å². The maximum atomic E-state index is 12.5. The lowest BCUT2D eigenvalue weighted by Gasteiger charge is -2.26. The van der Waals surface area contributed by atoms with E-state index < -0.39 is 0 Å². The molecule has 5 heteroatoms. The van der Waals surface area contributed by atoms with Crippen LogP contribution in [0.3, 0.4) is 0 Å². The molecular weight excluding hydrogens is 420 g/mol. The summed E-state index contributed by atoms with van der Waals surface area (Å²) in [6.07, 6.45) is 12.2. The molecule has 0 saturated heterocycles. The first-order chi connectivity index (χ1) is 16.5. The molecule has 180 valence electrons. The Morgan fingerprint density at radius 3 is 2.53 bits per heavy atom. The Morgan fingerprint density at radius 2 is 1.82 bits per heavy atom. The lowest BCUT2D eigenvalue weighted by Crippen LogP contribution is -2.26. The van der Waals surface area contributed by atoms with Crippen molar-refractivity contribution in [3.05, 3.63) is 53.9 Å². The molecule has 5 nitrogen and oxygen atoms in total. The van der Waals surface area contributed by atoms with Gasteiger partial charge in [0.1, 0.15) is 0 Å². The largest absolute Gasteiger partial charge is 0.294 e. The average Bonchev–Trinajstić information content (AvgIpc) is 3.54. The van der Waals surface area contributed by atoms with Gasteiger partial charge in [-0.25, -0.2) is 9.67 Å². The molecular formula is C29H38N4O. The minimum absolute atomic E-state index is 0.200. The minimum atomic E-state index is 0.200. The maximum Gasteiger partial charge on any atom is 0.173 e. The number of aromatic nitrogens is 3. The van der Waals surface area contributed by atoms with Gasteiger partial charge in [-0.1, -0.05) is 65.2 Å². The minimum Gasteiger partial charge on any atom is -0.294 e. The third-order valence-corrected chi connectivity index (χ3v) is 7.59. The molecule has 1 aliphatic heterocycles. The van der Waals surface area contributed by atoms with Crippen LogP contribution in [0.2, 0.25) is 0 Å². The number of fused-ring (bicyclic) bond motifs is 2. The second-order valence-electron chi connectivity index (χ2n) is 9.76. The quantitative estimate of drug-likeness (QED) is 0.383. The first-order valence-electron chi connectivity index (χ1n) is 13.1. The van der Waals surface area contributed by atoms with Crippen molar-refractivity contribution in [3.8, 4) is 0 Å². The number of hydrogen-bond donors (Lipinski definition) is 0. The van der Waals surface area contributed by atoms with Gasteiger partial charge in [-0.2, -0.15) is 5.10 Å². The van der Waals surface area contributed by atoms with E-state index in [1.165, 1.54) is 23.8 Å². The number of pyridine rings is 1. The first kappa shape index (κ1) is 24.3. The van der Waals surface area contributed by atoms with Crippen molar-refractivity contribution in [1.82, 2.24) is 14.8 Å². The van der Waals surface area contributed by atoms with E-state index in [2.05, 4.69) is 49.9 Å². The number of aryl methyl sites for hydroxylation is 1. The van der Waals surface area contributed by atoms with Crippen molar-refractivity contribution in [2.45, 2.75) is 85.1 Å². The molecule has 1 unspecified atom stereocenters. The van der Waals surface area contributed by atoms with Gasteiger partial charge in [0.05, 0.1) is 29.7 Å². The van der Waals surface area contributed by atoms with E-state index in [0.29, 0.717) is 24.3 Å². The third-order valence-electron chi connectivity index (χ3n) is 7.59. The van der Waals surface area contributed by atoms with Crippen molar-refractivity contribution in [2.24, 2.45) is 16.8 Å². The van der Waals surface area contributed by atoms with Crippen LogP contribution in [0.25, 0.3) is 10.9 Å². The Labute approximate surface area is 203 Å². The Balaban J connectivity index is 0.000000192. The highest BCUT2D eigenvalue weighted by atomic mass is 16.1. The Hall–Kier alpha value is -2.82. The van der Waals surface area contributed by atoms with Gasteiger partial charge in [-0.15, -0.1) is 0 Å². The highest BCUT2D eigenvalue weighted by Gasteiger charge is 2.31. The highest BCUT2D eigenvalue weighted by Crippen LogP contribution is 2.37. The normalized spacial score (nSPS) is 17.6. The van der Waals surface area contributed by atoms with Crippen LogP contribution < -0.4 is 0 Å². The van der Waals surface area contributed by atoms with Crippen molar-refractivity contribution < 1.29 is 4.79 Å². The van der Waals surface area contributed by atoms with Crippen LogP contribution in [-0.2, 0) is 6.42 Å². The van der Waals surface area contributed by atoms with Crippen molar-refractivity contribution in [3.63, 3.8) is 0 Å². The molecule has 2 atom stereocenters. The second kappa shape index (κ2) is 11.1. The van der Waals surface area contributed by atoms with E-state index in [9.17, 15) is 4.79 Å². The zero-order chi connectivity index (χ0) is 24.1. The summed E-state index contributed by atoms with van der Waals surface area (Å²) >= 11 is 0. The maximum absolute atomic E-state index is 12.5. The summed E-state index contributed by atoms with van der Waals surface area (Å²) in [5.74, 6) is 2.01. The molecule has 0 amide bonds. The number of carbonyl (C=O) groups is 1. The van der Waals surface area contributed by atoms with E-state index in [0.717, 1.165) is 54.7 Å². The molecule has 1 saturated carbocycles. The van der Waals surface area contributed by atoms with Crippen LogP contribution in [0, 0.1) is 11.8 Å². The summed E-state index contributed by atoms with van der Waals surface area (Å²) in [5, 5.41) is 5.74. The van der Waals surface area contributed by atoms with Crippen LogP contribution in [-0.4, -0.2) is 26.3 Å². The molecule has 2 aliphatic rings. The number of hydrogen-bond acceptors (Lipinski definition) is 4. The summed E-state index contributed by atoms with van der Waals surface area (Å²) in [4.78, 5) is 21.8. The molecule has 3 aromatic rings. The number of para-hydroxylation sites is 1. The predicted molar refractivity (Wildman–Crippen MR) is 140 cm³/mol. The van der Waals surface area contributed by atoms with Gasteiger partial charge in [-0.3, -0.25) is 9.78 Å². The fraction of sp³-hybridized carbons (Fsp3) is 0.517. The zero-order valence-electron chi connectivity index (χ0n) is 21.1. The second-order valence-corrected chi connectivity index (χ2v) is 9.76. The molecule has 0 spiro atoms. The Kier molecular flexibility index (Phi) is 7.91. The van der Waals surface area contributed by atoms with E-state index in [4.69, 9.17) is 4.99 Å². The number of rotatable bonds is 6. The smallest absolute Gasteiger partial charge is 0.173 e. The van der Waals surface area contributed by atoms with Gasteiger partial charge in [0.15, 0.2) is 11.6 Å². The van der Waals surface area contributed by atoms with Gasteiger partial charge >= 0.3 is 0 Å². The number of carbonyl (C=O) groups excluding carboxylic acids is 1. The van der Waals surface area contributed by atoms with Crippen LogP contribution in [0.15, 0.2) is 47.7 Å². The number of Topliss-reactive ketones (excluding diaryl/α,β-unsaturated/α-hetero) is 1. The highest BCUT2D eigenvalue weighted by molar-refractivity contribution is 6.15. The topological polar surface area (TPSA) is 60.1 Å². The summed E-state index contributed by atoms with van der Waals surface area (Å²) in [7, 11) is 0. The van der Waals surface area contributed by atoms with E-state index >= 15 is 0 Å². The van der Waals surface area contributed by atoms with Gasteiger partial charge in [0.2, 0.25) is 0 Å². The first-order valence-corrected chi connectivity index (χ1v) is 13.1. The molecule has 5 rings (SSSR count). The molecule has 2 aromatic heterocycles. The molecule has 0 N–H and O–H groups in total. The summed E-state index contributed by atoms with van der Waals surface area (Å²) in [6.45, 7) is 8.83. The summed E-state index contributed by atoms with van der Waals surface area (Å²) in [5.41, 5.74) is 4.19. The standard InChI is InChI=1S/C18H27N3O.C11H11N/c1-4-12(3)14(5-2)16-10-17(22)15-11-19-21(18(15)20-16)13-8-6-7-9-13;1-2-9-7-10-5-3-4-6-11(10)12-8-9/h11-14H,4-10H2,1-3H3;3-8H,2H2,1H3/t12?,14-;/m1./s1. The fourth-order valence-electron chi connectivity index (χ4n) is 5.29. The molecule has 1 aliphatic carbocycles. The monoisotopic (exact) mass is 458 g/mol. The lowest BCUT2D eigenvalue weighted by atomic mass is 9.82. The van der Waals surface area contributed by atoms with Crippen molar-refractivity contribution in [2.75, 3.05) is 0 Å². The average molecular weight is 459 g/mol. The SMILES string of the molecule is CCC(C)[C@@H](CC)C1=Nc2c(cnn2C2CCCC2)C(=O)C1.CCc1cnc2ccccc2c1. The Morgan fingerprint density at radius 1 is 1.06 bits per heavy atom. The molecule has 1 fully saturated rings. The lowest BCUT2D eigenvalue weighted by molar-refractivity contribution is 0.0997. The summed E-state index contributed by atoms with van der Waals surface area (Å²) in [6, 6.07) is 10.8. The van der Waals surface area contributed by atoms with E-state index in [-0.39, 0.29) is 5.78 Å². The molecule has 0 radical (unpaired) electrons. The fourth-order valence-corrected chi connectivity index (χ4v) is 5.29. The van der Waals surface area contributed by atoms with Crippen LogP contribution >= 0.6 is 0 Å². The van der Waals surface area contributed by atoms with Gasteiger partial charge < -0.3 is 0 Å². The number of ketones is 1.